The lowest BCUT2D eigenvalue weighted by atomic mass is 9.92. The van der Waals surface area contributed by atoms with Gasteiger partial charge in [0.2, 0.25) is 0 Å². The summed E-state index contributed by atoms with van der Waals surface area (Å²) in [5.41, 5.74) is -0.205. The Kier molecular flexibility index (Phi) is 2.94. The van der Waals surface area contributed by atoms with Crippen LogP contribution in [-0.4, -0.2) is 35.2 Å². The third-order valence-electron chi connectivity index (χ3n) is 3.05. The quantitative estimate of drug-likeness (QED) is 0.692. The van der Waals surface area contributed by atoms with Crippen molar-refractivity contribution < 1.29 is 5.11 Å². The molecule has 3 heteroatoms. The second kappa shape index (κ2) is 3.65. The molecule has 1 fully saturated rings. The summed E-state index contributed by atoms with van der Waals surface area (Å²) in [5.74, 6) is 0. The third-order valence-corrected chi connectivity index (χ3v) is 3.05. The summed E-state index contributed by atoms with van der Waals surface area (Å²) in [6.45, 7) is 7.51. The monoisotopic (exact) mass is 182 g/mol. The van der Waals surface area contributed by atoms with Crippen LogP contribution in [0.3, 0.4) is 0 Å². The highest BCUT2D eigenvalue weighted by molar-refractivity contribution is 5.03. The van der Waals surface area contributed by atoms with E-state index < -0.39 is 0 Å². The Balaban J connectivity index is 2.56. The van der Waals surface area contributed by atoms with Gasteiger partial charge in [0, 0.05) is 19.1 Å². The van der Waals surface area contributed by atoms with Gasteiger partial charge < -0.3 is 5.11 Å². The highest BCUT2D eigenvalue weighted by Crippen LogP contribution is 2.30. The average Bonchev–Trinajstić information content (AvgIpc) is 2.47. The number of hydrogen-bond acceptors (Lipinski definition) is 3. The van der Waals surface area contributed by atoms with E-state index in [1.807, 2.05) is 13.8 Å². The molecule has 0 aliphatic carbocycles. The fraction of sp³-hybridized carbons (Fsp3) is 0.900. The normalized spacial score (nSPS) is 34.1. The van der Waals surface area contributed by atoms with Crippen molar-refractivity contribution >= 4 is 0 Å². The lowest BCUT2D eigenvalue weighted by Gasteiger charge is -2.27. The first-order chi connectivity index (χ1) is 5.98. The van der Waals surface area contributed by atoms with Crippen molar-refractivity contribution in [3.63, 3.8) is 0 Å². The first kappa shape index (κ1) is 10.5. The minimum Gasteiger partial charge on any atom is -0.392 e. The second-order valence-electron chi connectivity index (χ2n) is 4.37. The molecule has 1 aliphatic heterocycles. The summed E-state index contributed by atoms with van der Waals surface area (Å²) in [6, 6.07) is 2.50. The molecule has 0 spiro atoms. The number of nitriles is 1. The molecule has 3 unspecified atom stereocenters. The molecule has 0 amide bonds. The maximum absolute atomic E-state index is 9.40. The molecule has 0 aromatic carbocycles. The first-order valence-corrected chi connectivity index (χ1v) is 4.82. The third kappa shape index (κ3) is 2.20. The standard InChI is InChI=1S/C10H18N2O/c1-8(9(2)13)12-5-4-10(3,6-11)7-12/h8-9,13H,4-5,7H2,1-3H3. The molecule has 1 rings (SSSR count). The van der Waals surface area contributed by atoms with Crippen molar-refractivity contribution in [3.05, 3.63) is 0 Å². The topological polar surface area (TPSA) is 47.3 Å². The molecule has 0 saturated carbocycles. The highest BCUT2D eigenvalue weighted by atomic mass is 16.3. The van der Waals surface area contributed by atoms with E-state index in [1.165, 1.54) is 0 Å². The molecule has 0 aromatic rings. The van der Waals surface area contributed by atoms with Crippen molar-refractivity contribution in [1.29, 1.82) is 5.26 Å². The zero-order chi connectivity index (χ0) is 10.1. The Morgan fingerprint density at radius 3 is 2.54 bits per heavy atom. The Hall–Kier alpha value is -0.590. The molecule has 0 radical (unpaired) electrons. The van der Waals surface area contributed by atoms with E-state index in [2.05, 4.69) is 11.0 Å². The van der Waals surface area contributed by atoms with Crippen molar-refractivity contribution in [1.82, 2.24) is 4.90 Å². The second-order valence-corrected chi connectivity index (χ2v) is 4.37. The van der Waals surface area contributed by atoms with Gasteiger partial charge in [0.05, 0.1) is 17.6 Å². The largest absolute Gasteiger partial charge is 0.392 e. The number of likely N-dealkylation sites (tertiary alicyclic amines) is 1. The minimum absolute atomic E-state index is 0.162. The molecule has 1 aliphatic rings. The highest BCUT2D eigenvalue weighted by Gasteiger charge is 2.36. The van der Waals surface area contributed by atoms with E-state index in [0.29, 0.717) is 0 Å². The van der Waals surface area contributed by atoms with E-state index >= 15 is 0 Å². The molecule has 3 atom stereocenters. The van der Waals surface area contributed by atoms with Crippen LogP contribution in [0, 0.1) is 16.7 Å². The van der Waals surface area contributed by atoms with E-state index in [9.17, 15) is 5.11 Å². The Bertz CT molecular complexity index is 221. The number of hydrogen-bond donors (Lipinski definition) is 1. The lowest BCUT2D eigenvalue weighted by molar-refractivity contribution is 0.0816. The van der Waals surface area contributed by atoms with Crippen LogP contribution in [0.5, 0.6) is 0 Å². The van der Waals surface area contributed by atoms with Gasteiger partial charge in [-0.05, 0) is 27.2 Å². The Labute approximate surface area is 80.0 Å². The fourth-order valence-corrected chi connectivity index (χ4v) is 1.74. The minimum atomic E-state index is -0.318. The van der Waals surface area contributed by atoms with Gasteiger partial charge in [-0.3, -0.25) is 4.90 Å². The van der Waals surface area contributed by atoms with Crippen LogP contribution < -0.4 is 0 Å². The number of nitrogens with zero attached hydrogens (tertiary/aromatic N) is 2. The summed E-state index contributed by atoms with van der Waals surface area (Å²) in [6.07, 6.45) is 0.599. The molecule has 0 aromatic heterocycles. The van der Waals surface area contributed by atoms with Crippen molar-refractivity contribution in [2.75, 3.05) is 13.1 Å². The van der Waals surface area contributed by atoms with Gasteiger partial charge in [0.1, 0.15) is 0 Å². The van der Waals surface area contributed by atoms with Gasteiger partial charge in [-0.25, -0.2) is 0 Å². The Morgan fingerprint density at radius 2 is 2.15 bits per heavy atom. The SMILES string of the molecule is CC(O)C(C)N1CCC(C)(C#N)C1. The van der Waals surface area contributed by atoms with Crippen LogP contribution in [0.4, 0.5) is 0 Å². The number of aliphatic hydroxyl groups excluding tert-OH is 1. The summed E-state index contributed by atoms with van der Waals surface area (Å²) in [7, 11) is 0. The predicted octanol–water partition coefficient (Wildman–Crippen LogP) is 0.991. The molecule has 0 bridgehead atoms. The van der Waals surface area contributed by atoms with E-state index in [0.717, 1.165) is 19.5 Å². The zero-order valence-corrected chi connectivity index (χ0v) is 8.62. The van der Waals surface area contributed by atoms with Crippen LogP contribution in [0.2, 0.25) is 0 Å². The van der Waals surface area contributed by atoms with Gasteiger partial charge in [0.25, 0.3) is 0 Å². The summed E-state index contributed by atoms with van der Waals surface area (Å²) >= 11 is 0. The maximum atomic E-state index is 9.40. The van der Waals surface area contributed by atoms with E-state index in [1.54, 1.807) is 6.92 Å². The van der Waals surface area contributed by atoms with Crippen LogP contribution in [0.15, 0.2) is 0 Å². The fourth-order valence-electron chi connectivity index (χ4n) is 1.74. The molecule has 13 heavy (non-hydrogen) atoms. The average molecular weight is 182 g/mol. The van der Waals surface area contributed by atoms with Gasteiger partial charge in [0.15, 0.2) is 0 Å². The van der Waals surface area contributed by atoms with Gasteiger partial charge in [-0.2, -0.15) is 5.26 Å². The van der Waals surface area contributed by atoms with Gasteiger partial charge in [-0.1, -0.05) is 0 Å². The summed E-state index contributed by atoms with van der Waals surface area (Å²) < 4.78 is 0. The van der Waals surface area contributed by atoms with Crippen molar-refractivity contribution in [2.24, 2.45) is 5.41 Å². The molecular formula is C10H18N2O. The van der Waals surface area contributed by atoms with Crippen molar-refractivity contribution in [3.8, 4) is 6.07 Å². The molecule has 1 heterocycles. The van der Waals surface area contributed by atoms with Crippen LogP contribution in [-0.2, 0) is 0 Å². The summed E-state index contributed by atoms with van der Waals surface area (Å²) in [5, 5.41) is 18.3. The van der Waals surface area contributed by atoms with E-state index in [-0.39, 0.29) is 17.6 Å². The molecule has 74 valence electrons. The lowest BCUT2D eigenvalue weighted by Crippen LogP contribution is -2.39. The first-order valence-electron chi connectivity index (χ1n) is 4.82. The smallest absolute Gasteiger partial charge is 0.0700 e. The summed E-state index contributed by atoms with van der Waals surface area (Å²) in [4.78, 5) is 2.19. The maximum Gasteiger partial charge on any atom is 0.0700 e. The number of rotatable bonds is 2. The number of aliphatic hydroxyl groups is 1. The molecule has 1 saturated heterocycles. The molecule has 3 nitrogen and oxygen atoms in total. The van der Waals surface area contributed by atoms with Gasteiger partial charge in [-0.15, -0.1) is 0 Å². The van der Waals surface area contributed by atoms with Crippen molar-refractivity contribution in [2.45, 2.75) is 39.3 Å². The zero-order valence-electron chi connectivity index (χ0n) is 8.62. The van der Waals surface area contributed by atoms with Crippen LogP contribution >= 0.6 is 0 Å². The van der Waals surface area contributed by atoms with Crippen LogP contribution in [0.1, 0.15) is 27.2 Å². The molecular weight excluding hydrogens is 164 g/mol. The van der Waals surface area contributed by atoms with Gasteiger partial charge >= 0.3 is 0 Å². The van der Waals surface area contributed by atoms with E-state index in [4.69, 9.17) is 5.26 Å². The van der Waals surface area contributed by atoms with Crippen LogP contribution in [0.25, 0.3) is 0 Å². The predicted molar refractivity (Wildman–Crippen MR) is 51.1 cm³/mol. The molecule has 1 N–H and O–H groups in total. The Morgan fingerprint density at radius 1 is 1.54 bits per heavy atom.